The van der Waals surface area contributed by atoms with Crippen molar-refractivity contribution < 1.29 is 9.59 Å². The quantitative estimate of drug-likeness (QED) is 0.831. The molecule has 2 rings (SSSR count). The third-order valence-electron chi connectivity index (χ3n) is 4.12. The summed E-state index contributed by atoms with van der Waals surface area (Å²) in [6, 6.07) is 7.52. The molecule has 1 heterocycles. The summed E-state index contributed by atoms with van der Waals surface area (Å²) >= 11 is 3.38. The molecule has 0 bridgehead atoms. The number of rotatable bonds is 5. The second kappa shape index (κ2) is 9.06. The number of hydrogen-bond acceptors (Lipinski definition) is 2. The molecule has 4 nitrogen and oxygen atoms in total. The molecule has 0 unspecified atom stereocenters. The molecule has 126 valence electrons. The summed E-state index contributed by atoms with van der Waals surface area (Å²) < 4.78 is 0.930. The first kappa shape index (κ1) is 18.0. The van der Waals surface area contributed by atoms with Crippen molar-refractivity contribution in [2.45, 2.75) is 45.4 Å². The summed E-state index contributed by atoms with van der Waals surface area (Å²) in [4.78, 5) is 26.4. The van der Waals surface area contributed by atoms with Gasteiger partial charge in [-0.05, 0) is 37.0 Å². The van der Waals surface area contributed by atoms with E-state index in [9.17, 15) is 9.59 Å². The van der Waals surface area contributed by atoms with Gasteiger partial charge in [-0.3, -0.25) is 9.59 Å². The first-order valence-corrected chi connectivity index (χ1v) is 9.17. The van der Waals surface area contributed by atoms with Gasteiger partial charge >= 0.3 is 0 Å². The van der Waals surface area contributed by atoms with Crippen molar-refractivity contribution in [1.82, 2.24) is 4.90 Å². The number of benzene rings is 1. The molecular formula is C18H25BrN2O2. The largest absolute Gasteiger partial charge is 0.343 e. The molecule has 0 aromatic heterocycles. The molecule has 1 aromatic rings. The third kappa shape index (κ3) is 6.34. The standard InChI is InChI=1S/C18H25BrN2O2/c1-14(12-18(23)21-9-4-2-3-5-10-21)11-17(22)20-16-8-6-7-15(19)13-16/h6-8,13-14H,2-5,9-12H2,1H3,(H,20,22)/t14-/m1/s1. The first-order chi connectivity index (χ1) is 11.0. The van der Waals surface area contributed by atoms with Gasteiger partial charge in [-0.1, -0.05) is 41.8 Å². The molecule has 1 N–H and O–H groups in total. The molecule has 23 heavy (non-hydrogen) atoms. The Morgan fingerprint density at radius 3 is 2.52 bits per heavy atom. The molecule has 2 amide bonds. The Bertz CT molecular complexity index is 540. The van der Waals surface area contributed by atoms with Crippen LogP contribution in [-0.4, -0.2) is 29.8 Å². The van der Waals surface area contributed by atoms with Crippen molar-refractivity contribution >= 4 is 33.4 Å². The Balaban J connectivity index is 1.77. The molecule has 1 aliphatic heterocycles. The first-order valence-electron chi connectivity index (χ1n) is 8.38. The number of nitrogens with one attached hydrogen (secondary N) is 1. The highest BCUT2D eigenvalue weighted by Gasteiger charge is 2.19. The minimum absolute atomic E-state index is 0.0423. The minimum Gasteiger partial charge on any atom is -0.343 e. The maximum absolute atomic E-state index is 12.3. The van der Waals surface area contributed by atoms with E-state index in [1.54, 1.807) is 0 Å². The van der Waals surface area contributed by atoms with Crippen LogP contribution in [-0.2, 0) is 9.59 Å². The predicted molar refractivity (Wildman–Crippen MR) is 96.2 cm³/mol. The molecule has 1 aromatic carbocycles. The smallest absolute Gasteiger partial charge is 0.224 e. The van der Waals surface area contributed by atoms with Crippen LogP contribution < -0.4 is 5.32 Å². The second-order valence-corrected chi connectivity index (χ2v) is 7.28. The fraction of sp³-hybridized carbons (Fsp3) is 0.556. The average molecular weight is 381 g/mol. The zero-order valence-electron chi connectivity index (χ0n) is 13.7. The van der Waals surface area contributed by atoms with Gasteiger partial charge in [0, 0.05) is 36.1 Å². The van der Waals surface area contributed by atoms with E-state index in [0.717, 1.165) is 36.1 Å². The van der Waals surface area contributed by atoms with Gasteiger partial charge in [0.25, 0.3) is 0 Å². The second-order valence-electron chi connectivity index (χ2n) is 6.37. The van der Waals surface area contributed by atoms with E-state index >= 15 is 0 Å². The lowest BCUT2D eigenvalue weighted by Crippen LogP contribution is -2.33. The molecule has 1 aliphatic rings. The van der Waals surface area contributed by atoms with Crippen molar-refractivity contribution in [3.8, 4) is 0 Å². The Morgan fingerprint density at radius 1 is 1.17 bits per heavy atom. The zero-order valence-corrected chi connectivity index (χ0v) is 15.3. The molecule has 0 spiro atoms. The van der Waals surface area contributed by atoms with Gasteiger partial charge in [-0.15, -0.1) is 0 Å². The third-order valence-corrected chi connectivity index (χ3v) is 4.62. The van der Waals surface area contributed by atoms with Crippen LogP contribution >= 0.6 is 15.9 Å². The monoisotopic (exact) mass is 380 g/mol. The normalized spacial score (nSPS) is 16.5. The van der Waals surface area contributed by atoms with Crippen molar-refractivity contribution in [2.24, 2.45) is 5.92 Å². The van der Waals surface area contributed by atoms with E-state index in [0.29, 0.717) is 12.8 Å². The van der Waals surface area contributed by atoms with Crippen molar-refractivity contribution in [2.75, 3.05) is 18.4 Å². The number of carbonyl (C=O) groups is 2. The summed E-state index contributed by atoms with van der Waals surface area (Å²) in [7, 11) is 0. The fourth-order valence-electron chi connectivity index (χ4n) is 2.91. The number of carbonyl (C=O) groups excluding carboxylic acids is 2. The Hall–Kier alpha value is -1.36. The zero-order chi connectivity index (χ0) is 16.7. The average Bonchev–Trinajstić information content (AvgIpc) is 2.75. The number of likely N-dealkylation sites (tertiary alicyclic amines) is 1. The van der Waals surface area contributed by atoms with Gasteiger partial charge in [0.1, 0.15) is 0 Å². The summed E-state index contributed by atoms with van der Waals surface area (Å²) in [6.07, 6.45) is 5.45. The highest BCUT2D eigenvalue weighted by Crippen LogP contribution is 2.18. The highest BCUT2D eigenvalue weighted by atomic mass is 79.9. The van der Waals surface area contributed by atoms with Gasteiger partial charge in [0.15, 0.2) is 0 Å². The number of amides is 2. The minimum atomic E-state index is -0.0423. The van der Waals surface area contributed by atoms with E-state index in [1.165, 1.54) is 12.8 Å². The van der Waals surface area contributed by atoms with Crippen LogP contribution in [0.4, 0.5) is 5.69 Å². The lowest BCUT2D eigenvalue weighted by atomic mass is 10.0. The van der Waals surface area contributed by atoms with Gasteiger partial charge in [-0.2, -0.15) is 0 Å². The van der Waals surface area contributed by atoms with Crippen molar-refractivity contribution in [3.63, 3.8) is 0 Å². The van der Waals surface area contributed by atoms with E-state index in [2.05, 4.69) is 21.2 Å². The maximum Gasteiger partial charge on any atom is 0.224 e. The van der Waals surface area contributed by atoms with Crippen molar-refractivity contribution in [3.05, 3.63) is 28.7 Å². The van der Waals surface area contributed by atoms with Gasteiger partial charge in [0.05, 0.1) is 0 Å². The molecule has 1 fully saturated rings. The van der Waals surface area contributed by atoms with Crippen LogP contribution in [0.5, 0.6) is 0 Å². The topological polar surface area (TPSA) is 49.4 Å². The van der Waals surface area contributed by atoms with Crippen LogP contribution in [0.3, 0.4) is 0 Å². The number of halogens is 1. The molecule has 1 atom stereocenters. The van der Waals surface area contributed by atoms with Crippen LogP contribution in [0.15, 0.2) is 28.7 Å². The Kier molecular flexibility index (Phi) is 7.09. The molecule has 5 heteroatoms. The van der Waals surface area contributed by atoms with E-state index in [4.69, 9.17) is 0 Å². The maximum atomic E-state index is 12.3. The predicted octanol–water partition coefficient (Wildman–Crippen LogP) is 4.21. The van der Waals surface area contributed by atoms with E-state index < -0.39 is 0 Å². The van der Waals surface area contributed by atoms with Gasteiger partial charge in [-0.25, -0.2) is 0 Å². The molecule has 1 saturated heterocycles. The number of nitrogens with zero attached hydrogens (tertiary/aromatic N) is 1. The lowest BCUT2D eigenvalue weighted by Gasteiger charge is -2.22. The van der Waals surface area contributed by atoms with E-state index in [-0.39, 0.29) is 17.7 Å². The number of hydrogen-bond donors (Lipinski definition) is 1. The number of anilines is 1. The molecule has 0 aliphatic carbocycles. The lowest BCUT2D eigenvalue weighted by molar-refractivity contribution is -0.132. The van der Waals surface area contributed by atoms with Crippen LogP contribution in [0.2, 0.25) is 0 Å². The van der Waals surface area contributed by atoms with Gasteiger partial charge < -0.3 is 10.2 Å². The Morgan fingerprint density at radius 2 is 1.87 bits per heavy atom. The summed E-state index contributed by atoms with van der Waals surface area (Å²) in [6.45, 7) is 3.71. The van der Waals surface area contributed by atoms with Crippen LogP contribution in [0.1, 0.15) is 45.4 Å². The molecule has 0 saturated carbocycles. The summed E-state index contributed by atoms with van der Waals surface area (Å²) in [5, 5.41) is 2.88. The summed E-state index contributed by atoms with van der Waals surface area (Å²) in [5.74, 6) is 0.201. The molecule has 0 radical (unpaired) electrons. The Labute approximate surface area is 146 Å². The van der Waals surface area contributed by atoms with Crippen LogP contribution in [0.25, 0.3) is 0 Å². The van der Waals surface area contributed by atoms with Gasteiger partial charge in [0.2, 0.25) is 11.8 Å². The summed E-state index contributed by atoms with van der Waals surface area (Å²) in [5.41, 5.74) is 0.774. The highest BCUT2D eigenvalue weighted by molar-refractivity contribution is 9.10. The van der Waals surface area contributed by atoms with Crippen LogP contribution in [0, 0.1) is 5.92 Å². The fourth-order valence-corrected chi connectivity index (χ4v) is 3.31. The van der Waals surface area contributed by atoms with E-state index in [1.807, 2.05) is 36.1 Å². The van der Waals surface area contributed by atoms with Crippen molar-refractivity contribution in [1.29, 1.82) is 0 Å². The molecular weight excluding hydrogens is 356 g/mol. The SMILES string of the molecule is C[C@H](CC(=O)Nc1cccc(Br)c1)CC(=O)N1CCCCCC1.